The SMILES string of the molecule is CCCCn1cc(NC(=O)Nc2ccc(OC(F)(F)F)cc2)nc1C(=O)NCCCOCC. The Morgan fingerprint density at radius 2 is 1.82 bits per heavy atom. The van der Waals surface area contributed by atoms with Crippen LogP contribution in [0.4, 0.5) is 29.5 Å². The van der Waals surface area contributed by atoms with Crippen LogP contribution in [0.1, 0.15) is 43.7 Å². The first-order valence-electron chi connectivity index (χ1n) is 10.6. The molecule has 1 aromatic carbocycles. The molecular weight excluding hydrogens is 443 g/mol. The zero-order valence-corrected chi connectivity index (χ0v) is 18.5. The number of imidazole rings is 1. The molecule has 12 heteroatoms. The summed E-state index contributed by atoms with van der Waals surface area (Å²) >= 11 is 0. The molecule has 1 aromatic heterocycles. The van der Waals surface area contributed by atoms with E-state index in [4.69, 9.17) is 4.74 Å². The zero-order valence-electron chi connectivity index (χ0n) is 18.5. The molecule has 3 amide bonds. The van der Waals surface area contributed by atoms with Crippen molar-refractivity contribution in [2.45, 2.75) is 46.0 Å². The number of urea groups is 1. The van der Waals surface area contributed by atoms with Crippen molar-refractivity contribution in [1.29, 1.82) is 0 Å². The molecule has 33 heavy (non-hydrogen) atoms. The lowest BCUT2D eigenvalue weighted by Crippen LogP contribution is -2.28. The smallest absolute Gasteiger partial charge is 0.406 e. The second-order valence-electron chi connectivity index (χ2n) is 6.95. The maximum Gasteiger partial charge on any atom is 0.573 e. The van der Waals surface area contributed by atoms with Crippen molar-refractivity contribution < 1.29 is 32.2 Å². The fraction of sp³-hybridized carbons (Fsp3) is 0.476. The van der Waals surface area contributed by atoms with Gasteiger partial charge in [-0.1, -0.05) is 13.3 Å². The molecule has 0 saturated heterocycles. The topological polar surface area (TPSA) is 107 Å². The number of aryl methyl sites for hydroxylation is 1. The number of aromatic nitrogens is 2. The third-order valence-electron chi connectivity index (χ3n) is 4.27. The second kappa shape index (κ2) is 12.7. The highest BCUT2D eigenvalue weighted by Gasteiger charge is 2.31. The van der Waals surface area contributed by atoms with Crippen LogP contribution in [0.2, 0.25) is 0 Å². The van der Waals surface area contributed by atoms with E-state index in [9.17, 15) is 22.8 Å². The Bertz CT molecular complexity index is 900. The van der Waals surface area contributed by atoms with Crippen LogP contribution < -0.4 is 20.7 Å². The van der Waals surface area contributed by atoms with Gasteiger partial charge in [-0.25, -0.2) is 9.78 Å². The van der Waals surface area contributed by atoms with Gasteiger partial charge in [-0.2, -0.15) is 0 Å². The van der Waals surface area contributed by atoms with Crippen molar-refractivity contribution in [2.24, 2.45) is 0 Å². The number of ether oxygens (including phenoxy) is 2. The standard InChI is InChI=1S/C21H28F3N5O4/c1-3-5-12-29-14-17(27-18(29)19(30)25-11-6-13-32-4-2)28-20(31)26-15-7-9-16(10-8-15)33-21(22,23)24/h7-10,14H,3-6,11-13H2,1-2H3,(H,25,30)(H2,26,28,31). The van der Waals surface area contributed by atoms with Gasteiger partial charge in [0.2, 0.25) is 5.82 Å². The highest BCUT2D eigenvalue weighted by Crippen LogP contribution is 2.24. The van der Waals surface area contributed by atoms with Gasteiger partial charge in [-0.05, 0) is 44.0 Å². The number of rotatable bonds is 12. The molecule has 0 aliphatic carbocycles. The molecule has 1 heterocycles. The van der Waals surface area contributed by atoms with Crippen LogP contribution in [0.25, 0.3) is 0 Å². The fourth-order valence-electron chi connectivity index (χ4n) is 2.77. The first-order chi connectivity index (χ1) is 15.7. The molecule has 2 aromatic rings. The summed E-state index contributed by atoms with van der Waals surface area (Å²) in [4.78, 5) is 29.0. The number of carbonyl (C=O) groups is 2. The van der Waals surface area contributed by atoms with Crippen molar-refractivity contribution in [2.75, 3.05) is 30.4 Å². The van der Waals surface area contributed by atoms with Crippen molar-refractivity contribution >= 4 is 23.4 Å². The molecule has 0 aliphatic heterocycles. The van der Waals surface area contributed by atoms with Gasteiger partial charge in [-0.3, -0.25) is 10.1 Å². The van der Waals surface area contributed by atoms with Gasteiger partial charge < -0.3 is 24.7 Å². The number of hydrogen-bond donors (Lipinski definition) is 3. The third kappa shape index (κ3) is 9.39. The number of benzene rings is 1. The van der Waals surface area contributed by atoms with Crippen LogP contribution in [-0.2, 0) is 11.3 Å². The maximum atomic E-state index is 12.5. The number of nitrogens with zero attached hydrogens (tertiary/aromatic N) is 2. The predicted molar refractivity (Wildman–Crippen MR) is 116 cm³/mol. The van der Waals surface area contributed by atoms with Gasteiger partial charge in [0.15, 0.2) is 5.82 Å². The molecular formula is C21H28F3N5O4. The van der Waals surface area contributed by atoms with Gasteiger partial charge in [0, 0.05) is 38.2 Å². The van der Waals surface area contributed by atoms with Gasteiger partial charge in [0.05, 0.1) is 0 Å². The Hall–Kier alpha value is -3.28. The second-order valence-corrected chi connectivity index (χ2v) is 6.95. The Morgan fingerprint density at radius 3 is 2.45 bits per heavy atom. The number of anilines is 2. The maximum absolute atomic E-state index is 12.5. The van der Waals surface area contributed by atoms with Crippen molar-refractivity contribution in [3.8, 4) is 5.75 Å². The van der Waals surface area contributed by atoms with E-state index in [-0.39, 0.29) is 23.2 Å². The average Bonchev–Trinajstić information content (AvgIpc) is 3.14. The number of alkyl halides is 3. The quantitative estimate of drug-likeness (QED) is 0.398. The minimum atomic E-state index is -4.80. The van der Waals surface area contributed by atoms with E-state index in [2.05, 4.69) is 25.7 Å². The molecule has 0 radical (unpaired) electrons. The molecule has 0 bridgehead atoms. The summed E-state index contributed by atoms with van der Waals surface area (Å²) in [7, 11) is 0. The molecule has 9 nitrogen and oxygen atoms in total. The molecule has 0 saturated carbocycles. The minimum Gasteiger partial charge on any atom is -0.406 e. The van der Waals surface area contributed by atoms with E-state index in [1.54, 1.807) is 10.8 Å². The Labute approximate surface area is 189 Å². The molecule has 0 aliphatic rings. The van der Waals surface area contributed by atoms with E-state index in [0.717, 1.165) is 25.0 Å². The monoisotopic (exact) mass is 471 g/mol. The summed E-state index contributed by atoms with van der Waals surface area (Å²) < 4.78 is 47.4. The largest absolute Gasteiger partial charge is 0.573 e. The average molecular weight is 471 g/mol. The molecule has 0 unspecified atom stereocenters. The van der Waals surface area contributed by atoms with Gasteiger partial charge in [0.25, 0.3) is 5.91 Å². The first kappa shape index (κ1) is 26.0. The number of halogens is 3. The lowest BCUT2D eigenvalue weighted by atomic mass is 10.3. The molecule has 2 rings (SSSR count). The number of hydrogen-bond acceptors (Lipinski definition) is 5. The van der Waals surface area contributed by atoms with Crippen molar-refractivity contribution in [1.82, 2.24) is 14.9 Å². The summed E-state index contributed by atoms with van der Waals surface area (Å²) in [5.74, 6) is -0.430. The lowest BCUT2D eigenvalue weighted by molar-refractivity contribution is -0.274. The van der Waals surface area contributed by atoms with Crippen LogP contribution in [0.3, 0.4) is 0 Å². The number of amides is 3. The highest BCUT2D eigenvalue weighted by atomic mass is 19.4. The summed E-state index contributed by atoms with van der Waals surface area (Å²) in [6.07, 6.45) is -0.847. The van der Waals surface area contributed by atoms with E-state index in [1.807, 2.05) is 13.8 Å². The van der Waals surface area contributed by atoms with Crippen molar-refractivity contribution in [3.63, 3.8) is 0 Å². The Kier molecular flexibility index (Phi) is 9.98. The third-order valence-corrected chi connectivity index (χ3v) is 4.27. The number of carbonyl (C=O) groups excluding carboxylic acids is 2. The molecule has 0 atom stereocenters. The van der Waals surface area contributed by atoms with E-state index in [1.165, 1.54) is 12.1 Å². The van der Waals surface area contributed by atoms with Gasteiger partial charge in [-0.15, -0.1) is 13.2 Å². The summed E-state index contributed by atoms with van der Waals surface area (Å²) in [6.45, 7) is 6.04. The Balaban J connectivity index is 1.98. The van der Waals surface area contributed by atoms with Crippen LogP contribution in [0.5, 0.6) is 5.75 Å². The van der Waals surface area contributed by atoms with Crippen LogP contribution in [0, 0.1) is 0 Å². The fourth-order valence-corrected chi connectivity index (χ4v) is 2.77. The highest BCUT2D eigenvalue weighted by molar-refractivity contribution is 5.99. The first-order valence-corrected chi connectivity index (χ1v) is 10.6. The molecule has 182 valence electrons. The molecule has 3 N–H and O–H groups in total. The minimum absolute atomic E-state index is 0.167. The van der Waals surface area contributed by atoms with Gasteiger partial charge >= 0.3 is 12.4 Å². The number of nitrogens with one attached hydrogen (secondary N) is 3. The van der Waals surface area contributed by atoms with Crippen LogP contribution >= 0.6 is 0 Å². The van der Waals surface area contributed by atoms with Crippen LogP contribution in [-0.4, -0.2) is 47.6 Å². The van der Waals surface area contributed by atoms with Crippen LogP contribution in [0.15, 0.2) is 30.5 Å². The van der Waals surface area contributed by atoms with Gasteiger partial charge in [0.1, 0.15) is 5.75 Å². The van der Waals surface area contributed by atoms with Crippen molar-refractivity contribution in [3.05, 3.63) is 36.3 Å². The van der Waals surface area contributed by atoms with E-state index >= 15 is 0 Å². The normalized spacial score (nSPS) is 11.2. The summed E-state index contributed by atoms with van der Waals surface area (Å²) in [5, 5.41) is 7.79. The Morgan fingerprint density at radius 1 is 1.09 bits per heavy atom. The van der Waals surface area contributed by atoms with E-state index < -0.39 is 18.1 Å². The molecule has 0 spiro atoms. The predicted octanol–water partition coefficient (Wildman–Crippen LogP) is 4.38. The van der Waals surface area contributed by atoms with E-state index in [0.29, 0.717) is 32.7 Å². The number of unbranched alkanes of at least 4 members (excludes halogenated alkanes) is 1. The summed E-state index contributed by atoms with van der Waals surface area (Å²) in [5.41, 5.74) is 0.250. The zero-order chi connectivity index (χ0) is 24.3. The molecule has 0 fully saturated rings. The summed E-state index contributed by atoms with van der Waals surface area (Å²) in [6, 6.07) is 4.03. The lowest BCUT2D eigenvalue weighted by Gasteiger charge is -2.10.